The highest BCUT2D eigenvalue weighted by molar-refractivity contribution is 9.10. The Morgan fingerprint density at radius 2 is 1.87 bits per heavy atom. The predicted molar refractivity (Wildman–Crippen MR) is 124 cm³/mol. The van der Waals surface area contributed by atoms with Crippen LogP contribution in [0, 0.1) is 5.92 Å². The van der Waals surface area contributed by atoms with Crippen molar-refractivity contribution in [3.63, 3.8) is 0 Å². The van der Waals surface area contributed by atoms with Crippen molar-refractivity contribution in [2.24, 2.45) is 5.92 Å². The average molecular weight is 496 g/mol. The van der Waals surface area contributed by atoms with Gasteiger partial charge in [-0.2, -0.15) is 0 Å². The summed E-state index contributed by atoms with van der Waals surface area (Å²) in [5.41, 5.74) is 0.726. The van der Waals surface area contributed by atoms with Gasteiger partial charge in [0, 0.05) is 29.3 Å². The second-order valence-corrected chi connectivity index (χ2v) is 9.98. The fourth-order valence-corrected chi connectivity index (χ4v) is 5.19. The number of carbonyl (C=O) groups excluding carboxylic acids is 3. The number of carbonyl (C=O) groups is 3. The maximum Gasteiger partial charge on any atom is 0.234 e. The first-order valence-corrected chi connectivity index (χ1v) is 12.7. The molecule has 1 heterocycles. The lowest BCUT2D eigenvalue weighted by molar-refractivity contribution is -0.134. The van der Waals surface area contributed by atoms with Crippen LogP contribution in [0.15, 0.2) is 28.7 Å². The smallest absolute Gasteiger partial charge is 0.234 e. The van der Waals surface area contributed by atoms with Gasteiger partial charge < -0.3 is 15.5 Å². The van der Waals surface area contributed by atoms with Crippen molar-refractivity contribution < 1.29 is 14.4 Å². The van der Waals surface area contributed by atoms with Crippen LogP contribution < -0.4 is 10.6 Å². The number of anilines is 1. The topological polar surface area (TPSA) is 78.5 Å². The second kappa shape index (κ2) is 11.7. The third kappa shape index (κ3) is 7.30. The van der Waals surface area contributed by atoms with Gasteiger partial charge in [-0.05, 0) is 43.9 Å². The summed E-state index contributed by atoms with van der Waals surface area (Å²) in [5.74, 6) is 0.329. The molecule has 0 aromatic heterocycles. The molecule has 3 rings (SSSR count). The summed E-state index contributed by atoms with van der Waals surface area (Å²) < 4.78 is 0.898. The molecule has 2 fully saturated rings. The fraction of sp³-hybridized carbons (Fsp3) is 0.591. The molecule has 1 aromatic rings. The largest absolute Gasteiger partial charge is 0.353 e. The van der Waals surface area contributed by atoms with Gasteiger partial charge in [0.25, 0.3) is 0 Å². The van der Waals surface area contributed by atoms with Crippen molar-refractivity contribution in [1.29, 1.82) is 0 Å². The first kappa shape index (κ1) is 23.1. The maximum absolute atomic E-state index is 12.6. The van der Waals surface area contributed by atoms with Crippen molar-refractivity contribution >= 4 is 51.1 Å². The zero-order chi connectivity index (χ0) is 21.3. The summed E-state index contributed by atoms with van der Waals surface area (Å²) >= 11 is 4.68. The fourth-order valence-electron chi connectivity index (χ4n) is 4.07. The number of piperidine rings is 1. The Labute approximate surface area is 191 Å². The number of nitrogens with one attached hydrogen (secondary N) is 2. The number of halogens is 1. The monoisotopic (exact) mass is 495 g/mol. The molecule has 0 bridgehead atoms. The third-order valence-electron chi connectivity index (χ3n) is 5.66. The molecule has 164 valence electrons. The van der Waals surface area contributed by atoms with Gasteiger partial charge in [0.2, 0.25) is 17.7 Å². The molecule has 1 aromatic carbocycles. The number of nitrogens with zero attached hydrogens (tertiary/aromatic N) is 1. The summed E-state index contributed by atoms with van der Waals surface area (Å²) in [5, 5.41) is 6.02. The Bertz CT molecular complexity index is 755. The van der Waals surface area contributed by atoms with Crippen LogP contribution in [0.1, 0.15) is 44.9 Å². The number of amides is 3. The molecule has 8 heteroatoms. The van der Waals surface area contributed by atoms with Crippen molar-refractivity contribution in [1.82, 2.24) is 10.2 Å². The van der Waals surface area contributed by atoms with Crippen LogP contribution in [0.3, 0.4) is 0 Å². The van der Waals surface area contributed by atoms with Crippen molar-refractivity contribution in [3.05, 3.63) is 28.7 Å². The van der Waals surface area contributed by atoms with Crippen LogP contribution in [0.4, 0.5) is 5.69 Å². The number of likely N-dealkylation sites (tertiary alicyclic amines) is 1. The van der Waals surface area contributed by atoms with Crippen LogP contribution in [-0.4, -0.2) is 53.3 Å². The molecule has 2 N–H and O–H groups in total. The summed E-state index contributed by atoms with van der Waals surface area (Å²) in [6.07, 6.45) is 7.46. The standard InChI is InChI=1S/C22H30BrN3O3S/c23-17-7-4-10-19(12-17)24-20(27)14-30-15-21(28)26-11-5-6-16(13-26)22(29)25-18-8-2-1-3-9-18/h4,7,10,12,16,18H,1-3,5-6,8-9,11,13-15H2,(H,24,27)(H,25,29). The maximum atomic E-state index is 12.6. The van der Waals surface area contributed by atoms with E-state index in [0.717, 1.165) is 35.8 Å². The van der Waals surface area contributed by atoms with Crippen molar-refractivity contribution in [2.75, 3.05) is 29.9 Å². The van der Waals surface area contributed by atoms with Crippen LogP contribution in [-0.2, 0) is 14.4 Å². The quantitative estimate of drug-likeness (QED) is 0.602. The molecule has 1 saturated heterocycles. The molecule has 6 nitrogen and oxygen atoms in total. The van der Waals surface area contributed by atoms with Gasteiger partial charge in [0.15, 0.2) is 0 Å². The Balaban J connectivity index is 1.38. The van der Waals surface area contributed by atoms with E-state index in [1.165, 1.54) is 31.0 Å². The van der Waals surface area contributed by atoms with Crippen molar-refractivity contribution in [2.45, 2.75) is 51.0 Å². The van der Waals surface area contributed by atoms with Gasteiger partial charge in [0.1, 0.15) is 0 Å². The number of benzene rings is 1. The first-order valence-electron chi connectivity index (χ1n) is 10.7. The van der Waals surface area contributed by atoms with Crippen LogP contribution in [0.5, 0.6) is 0 Å². The van der Waals surface area contributed by atoms with E-state index in [2.05, 4.69) is 26.6 Å². The number of hydrogen-bond acceptors (Lipinski definition) is 4. The number of thioether (sulfide) groups is 1. The normalized spacial score (nSPS) is 19.9. The van der Waals surface area contributed by atoms with E-state index in [1.54, 1.807) is 4.90 Å². The van der Waals surface area contributed by atoms with Crippen LogP contribution >= 0.6 is 27.7 Å². The summed E-state index contributed by atoms with van der Waals surface area (Å²) in [4.78, 5) is 39.1. The lowest BCUT2D eigenvalue weighted by Crippen LogP contribution is -2.48. The summed E-state index contributed by atoms with van der Waals surface area (Å²) in [7, 11) is 0. The molecule has 0 radical (unpaired) electrons. The Kier molecular flexibility index (Phi) is 9.05. The minimum Gasteiger partial charge on any atom is -0.353 e. The minimum atomic E-state index is -0.130. The average Bonchev–Trinajstić information content (AvgIpc) is 2.74. The highest BCUT2D eigenvalue weighted by atomic mass is 79.9. The molecule has 1 aliphatic carbocycles. The van der Waals surface area contributed by atoms with Crippen LogP contribution in [0.25, 0.3) is 0 Å². The third-order valence-corrected chi connectivity index (χ3v) is 7.07. The molecule has 1 unspecified atom stereocenters. The molecular weight excluding hydrogens is 466 g/mol. The van der Waals surface area contributed by atoms with Gasteiger partial charge in [-0.3, -0.25) is 14.4 Å². The molecule has 2 aliphatic rings. The highest BCUT2D eigenvalue weighted by Gasteiger charge is 2.29. The molecule has 0 spiro atoms. The summed E-state index contributed by atoms with van der Waals surface area (Å²) in [6, 6.07) is 7.71. The highest BCUT2D eigenvalue weighted by Crippen LogP contribution is 2.21. The SMILES string of the molecule is O=C(CSCC(=O)N1CCCC(C(=O)NC2CCCCC2)C1)Nc1cccc(Br)c1. The van der Waals surface area contributed by atoms with Gasteiger partial charge in [-0.15, -0.1) is 11.8 Å². The van der Waals surface area contributed by atoms with Gasteiger partial charge in [0.05, 0.1) is 17.4 Å². The Morgan fingerprint density at radius 1 is 1.07 bits per heavy atom. The van der Waals surface area contributed by atoms with Gasteiger partial charge >= 0.3 is 0 Å². The van der Waals surface area contributed by atoms with E-state index < -0.39 is 0 Å². The van der Waals surface area contributed by atoms with E-state index >= 15 is 0 Å². The lowest BCUT2D eigenvalue weighted by Gasteiger charge is -2.33. The van der Waals surface area contributed by atoms with Crippen LogP contribution in [0.2, 0.25) is 0 Å². The zero-order valence-electron chi connectivity index (χ0n) is 17.2. The second-order valence-electron chi connectivity index (χ2n) is 8.07. The Hall–Kier alpha value is -1.54. The van der Waals surface area contributed by atoms with E-state index in [-0.39, 0.29) is 35.1 Å². The van der Waals surface area contributed by atoms with Gasteiger partial charge in [-0.1, -0.05) is 41.3 Å². The molecular formula is C22H30BrN3O3S. The van der Waals surface area contributed by atoms with E-state index in [0.29, 0.717) is 19.1 Å². The lowest BCUT2D eigenvalue weighted by atomic mass is 9.93. The summed E-state index contributed by atoms with van der Waals surface area (Å²) in [6.45, 7) is 1.18. The van der Waals surface area contributed by atoms with Crippen molar-refractivity contribution in [3.8, 4) is 0 Å². The van der Waals surface area contributed by atoms with E-state index in [4.69, 9.17) is 0 Å². The molecule has 1 aliphatic heterocycles. The van der Waals surface area contributed by atoms with E-state index in [1.807, 2.05) is 24.3 Å². The van der Waals surface area contributed by atoms with Gasteiger partial charge in [-0.25, -0.2) is 0 Å². The Morgan fingerprint density at radius 3 is 2.63 bits per heavy atom. The predicted octanol–water partition coefficient (Wildman–Crippen LogP) is 3.81. The number of hydrogen-bond donors (Lipinski definition) is 2. The number of rotatable bonds is 7. The first-order chi connectivity index (χ1) is 14.5. The minimum absolute atomic E-state index is 0.00502. The molecule has 1 atom stereocenters. The molecule has 30 heavy (non-hydrogen) atoms. The zero-order valence-corrected chi connectivity index (χ0v) is 19.6. The molecule has 3 amide bonds. The molecule has 1 saturated carbocycles. The van der Waals surface area contributed by atoms with E-state index in [9.17, 15) is 14.4 Å².